The maximum absolute atomic E-state index is 5.26. The van der Waals surface area contributed by atoms with Crippen molar-refractivity contribution in [1.29, 1.82) is 0 Å². The second kappa shape index (κ2) is 8.59. The lowest BCUT2D eigenvalue weighted by Gasteiger charge is -2.05. The molecule has 0 spiro atoms. The number of ether oxygens (including phenoxy) is 1. The van der Waals surface area contributed by atoms with Gasteiger partial charge in [0, 0.05) is 17.5 Å². The highest BCUT2D eigenvalue weighted by atomic mass is 32.1. The molecule has 0 bridgehead atoms. The van der Waals surface area contributed by atoms with Gasteiger partial charge in [0.15, 0.2) is 5.11 Å². The molecular weight excluding hydrogens is 294 g/mol. The summed E-state index contributed by atoms with van der Waals surface area (Å²) in [4.78, 5) is 0. The Hall–Kier alpha value is -2.66. The Labute approximate surface area is 135 Å². The lowest BCUT2D eigenvalue weighted by Crippen LogP contribution is -2.23. The molecule has 0 amide bonds. The van der Waals surface area contributed by atoms with Crippen molar-refractivity contribution in [2.45, 2.75) is 0 Å². The largest absolute Gasteiger partial charge is 0.496 e. The van der Waals surface area contributed by atoms with E-state index in [2.05, 4.69) is 15.8 Å². The van der Waals surface area contributed by atoms with Gasteiger partial charge in [-0.15, -0.1) is 0 Å². The third-order valence-corrected chi connectivity index (χ3v) is 2.97. The smallest absolute Gasteiger partial charge is 0.191 e. The molecule has 2 aromatic rings. The third kappa shape index (κ3) is 5.03. The molecule has 0 saturated carbocycles. The first-order chi connectivity index (χ1) is 10.8. The van der Waals surface area contributed by atoms with Gasteiger partial charge in [0.2, 0.25) is 0 Å². The van der Waals surface area contributed by atoms with Gasteiger partial charge in [0.1, 0.15) is 5.75 Å². The van der Waals surface area contributed by atoms with Crippen molar-refractivity contribution in [3.63, 3.8) is 0 Å². The van der Waals surface area contributed by atoms with Crippen LogP contribution < -0.4 is 15.5 Å². The van der Waals surface area contributed by atoms with Crippen LogP contribution in [0, 0.1) is 0 Å². The molecule has 0 heterocycles. The number of anilines is 1. The van der Waals surface area contributed by atoms with Crippen molar-refractivity contribution in [3.05, 3.63) is 66.2 Å². The van der Waals surface area contributed by atoms with E-state index in [-0.39, 0.29) is 0 Å². The zero-order chi connectivity index (χ0) is 15.6. The highest BCUT2D eigenvalue weighted by Gasteiger charge is 1.95. The number of hydrazone groups is 1. The van der Waals surface area contributed by atoms with E-state index in [0.717, 1.165) is 17.0 Å². The maximum Gasteiger partial charge on any atom is 0.191 e. The van der Waals surface area contributed by atoms with Crippen LogP contribution >= 0.6 is 12.2 Å². The summed E-state index contributed by atoms with van der Waals surface area (Å²) in [6.07, 6.45) is 5.36. The molecule has 4 nitrogen and oxygen atoms in total. The predicted octanol–water partition coefficient (Wildman–Crippen LogP) is 3.68. The molecule has 2 N–H and O–H groups in total. The average molecular weight is 311 g/mol. The molecular formula is C17H17N3OS. The number of nitrogens with zero attached hydrogens (tertiary/aromatic N) is 1. The lowest BCUT2D eigenvalue weighted by atomic mass is 10.2. The molecule has 0 atom stereocenters. The number of hydrogen-bond donors (Lipinski definition) is 2. The zero-order valence-corrected chi connectivity index (χ0v) is 13.0. The molecule has 0 unspecified atom stereocenters. The van der Waals surface area contributed by atoms with E-state index in [9.17, 15) is 0 Å². The van der Waals surface area contributed by atoms with Crippen molar-refractivity contribution in [2.24, 2.45) is 5.10 Å². The van der Waals surface area contributed by atoms with Crippen molar-refractivity contribution in [3.8, 4) is 5.75 Å². The van der Waals surface area contributed by atoms with E-state index >= 15 is 0 Å². The zero-order valence-electron chi connectivity index (χ0n) is 12.2. The van der Waals surface area contributed by atoms with E-state index in [1.165, 1.54) is 0 Å². The summed E-state index contributed by atoms with van der Waals surface area (Å²) in [5, 5.41) is 7.50. The SMILES string of the molecule is COc1ccccc1/C=C/C=N/NC(=S)Nc1ccccc1. The molecule has 22 heavy (non-hydrogen) atoms. The molecule has 0 aliphatic heterocycles. The van der Waals surface area contributed by atoms with Gasteiger partial charge in [0.05, 0.1) is 7.11 Å². The number of benzene rings is 2. The van der Waals surface area contributed by atoms with Crippen LogP contribution in [0.4, 0.5) is 5.69 Å². The second-order valence-electron chi connectivity index (χ2n) is 4.31. The van der Waals surface area contributed by atoms with E-state index < -0.39 is 0 Å². The number of nitrogens with one attached hydrogen (secondary N) is 2. The normalized spacial score (nSPS) is 10.8. The van der Waals surface area contributed by atoms with Gasteiger partial charge < -0.3 is 10.1 Å². The Morgan fingerprint density at radius 3 is 2.59 bits per heavy atom. The molecule has 0 aliphatic rings. The van der Waals surface area contributed by atoms with Gasteiger partial charge in [-0.05, 0) is 42.6 Å². The monoisotopic (exact) mass is 311 g/mol. The summed E-state index contributed by atoms with van der Waals surface area (Å²) in [5.41, 5.74) is 4.66. The van der Waals surface area contributed by atoms with Crippen molar-refractivity contribution < 1.29 is 4.74 Å². The van der Waals surface area contributed by atoms with Gasteiger partial charge in [-0.25, -0.2) is 0 Å². The third-order valence-electron chi connectivity index (χ3n) is 2.77. The van der Waals surface area contributed by atoms with Crippen LogP contribution in [0.25, 0.3) is 6.08 Å². The fraction of sp³-hybridized carbons (Fsp3) is 0.0588. The van der Waals surface area contributed by atoms with E-state index in [1.807, 2.05) is 66.7 Å². The molecule has 0 aliphatic carbocycles. The minimum absolute atomic E-state index is 0.438. The highest BCUT2D eigenvalue weighted by Crippen LogP contribution is 2.18. The van der Waals surface area contributed by atoms with Gasteiger partial charge in [0.25, 0.3) is 0 Å². The van der Waals surface area contributed by atoms with Crippen LogP contribution in [0.3, 0.4) is 0 Å². The number of methoxy groups -OCH3 is 1. The molecule has 2 aromatic carbocycles. The Bertz CT molecular complexity index is 669. The van der Waals surface area contributed by atoms with E-state index in [1.54, 1.807) is 13.3 Å². The Morgan fingerprint density at radius 2 is 1.82 bits per heavy atom. The number of rotatable bonds is 5. The molecule has 0 radical (unpaired) electrons. The highest BCUT2D eigenvalue weighted by molar-refractivity contribution is 7.80. The quantitative estimate of drug-likeness (QED) is 0.502. The first-order valence-electron chi connectivity index (χ1n) is 6.74. The minimum atomic E-state index is 0.438. The first kappa shape index (κ1) is 15.7. The number of hydrogen-bond acceptors (Lipinski definition) is 3. The molecule has 5 heteroatoms. The summed E-state index contributed by atoms with van der Waals surface area (Å²) < 4.78 is 5.26. The Morgan fingerprint density at radius 1 is 1.09 bits per heavy atom. The molecule has 0 aromatic heterocycles. The van der Waals surface area contributed by atoms with Crippen molar-refractivity contribution in [2.75, 3.05) is 12.4 Å². The molecule has 0 fully saturated rings. The maximum atomic E-state index is 5.26. The fourth-order valence-corrected chi connectivity index (χ4v) is 1.94. The lowest BCUT2D eigenvalue weighted by molar-refractivity contribution is 0.414. The Balaban J connectivity index is 1.83. The molecule has 112 valence electrons. The summed E-state index contributed by atoms with van der Waals surface area (Å²) in [7, 11) is 1.65. The summed E-state index contributed by atoms with van der Waals surface area (Å²) in [6, 6.07) is 17.4. The first-order valence-corrected chi connectivity index (χ1v) is 7.15. The minimum Gasteiger partial charge on any atom is -0.496 e. The van der Waals surface area contributed by atoms with Crippen molar-refractivity contribution >= 4 is 35.3 Å². The molecule has 2 rings (SSSR count). The van der Waals surface area contributed by atoms with Crippen LogP contribution in [0.1, 0.15) is 5.56 Å². The van der Waals surface area contributed by atoms with Crippen molar-refractivity contribution in [1.82, 2.24) is 5.43 Å². The fourth-order valence-electron chi connectivity index (χ4n) is 1.77. The standard InChI is InChI=1S/C17H17N3OS/c1-21-16-12-6-5-8-14(16)9-7-13-18-20-17(22)19-15-10-3-2-4-11-15/h2-13H,1H3,(H2,19,20,22)/b9-7+,18-13+. The van der Waals surface area contributed by atoms with Gasteiger partial charge in [-0.1, -0.05) is 36.4 Å². The second-order valence-corrected chi connectivity index (χ2v) is 4.72. The van der Waals surface area contributed by atoms with Crippen LogP contribution in [0.2, 0.25) is 0 Å². The summed E-state index contributed by atoms with van der Waals surface area (Å²) in [6.45, 7) is 0. The van der Waals surface area contributed by atoms with Gasteiger partial charge >= 0.3 is 0 Å². The number of para-hydroxylation sites is 2. The van der Waals surface area contributed by atoms with Crippen LogP contribution in [0.5, 0.6) is 5.75 Å². The van der Waals surface area contributed by atoms with Gasteiger partial charge in [-0.2, -0.15) is 5.10 Å². The Kier molecular flexibility index (Phi) is 6.14. The average Bonchev–Trinajstić information content (AvgIpc) is 2.56. The summed E-state index contributed by atoms with van der Waals surface area (Å²) >= 11 is 5.14. The van der Waals surface area contributed by atoms with E-state index in [4.69, 9.17) is 17.0 Å². The van der Waals surface area contributed by atoms with Crippen LogP contribution in [-0.2, 0) is 0 Å². The molecule has 0 saturated heterocycles. The number of allylic oxidation sites excluding steroid dienone is 1. The topological polar surface area (TPSA) is 45.6 Å². The van der Waals surface area contributed by atoms with Crippen LogP contribution in [0.15, 0.2) is 65.8 Å². The van der Waals surface area contributed by atoms with E-state index in [0.29, 0.717) is 5.11 Å². The predicted molar refractivity (Wildman–Crippen MR) is 96.3 cm³/mol. The number of thiocarbonyl (C=S) groups is 1. The van der Waals surface area contributed by atoms with Gasteiger partial charge in [-0.3, -0.25) is 5.43 Å². The van der Waals surface area contributed by atoms with Crippen LogP contribution in [-0.4, -0.2) is 18.4 Å². The summed E-state index contributed by atoms with van der Waals surface area (Å²) in [5.74, 6) is 0.821.